The van der Waals surface area contributed by atoms with Gasteiger partial charge >= 0.3 is 0 Å². The van der Waals surface area contributed by atoms with Crippen LogP contribution in [-0.2, 0) is 0 Å². The normalized spacial score (nSPS) is 13.8. The Hall–Kier alpha value is -1.12. The minimum Gasteiger partial charge on any atom is -0.303 e. The summed E-state index contributed by atoms with van der Waals surface area (Å²) in [5.74, 6) is 0.993. The topological polar surface area (TPSA) is 61.6 Å². The summed E-state index contributed by atoms with van der Waals surface area (Å²) in [7, 11) is 1.84. The van der Waals surface area contributed by atoms with Gasteiger partial charge in [0.05, 0.1) is 6.07 Å². The number of rotatable bonds is 7. The van der Waals surface area contributed by atoms with Gasteiger partial charge in [-0.1, -0.05) is 11.8 Å². The Morgan fingerprint density at radius 2 is 1.80 bits per heavy atom. The van der Waals surface area contributed by atoms with E-state index in [-0.39, 0.29) is 0 Å². The fourth-order valence-corrected chi connectivity index (χ4v) is 2.72. The molecule has 1 rings (SSSR count). The van der Waals surface area contributed by atoms with Gasteiger partial charge in [-0.3, -0.25) is 0 Å². The highest BCUT2D eigenvalue weighted by atomic mass is 32.2. The first-order valence-electron chi connectivity index (χ1n) is 6.96. The molecule has 1 heterocycles. The molecule has 0 radical (unpaired) electrons. The first-order chi connectivity index (χ1) is 9.41. The highest BCUT2D eigenvalue weighted by Gasteiger charge is 2.19. The van der Waals surface area contributed by atoms with Crippen molar-refractivity contribution in [2.75, 3.05) is 12.8 Å². The number of nitrogens with zero attached hydrogens (tertiary/aromatic N) is 3. The van der Waals surface area contributed by atoms with E-state index >= 15 is 0 Å². The Balaban J connectivity index is 2.37. The largest absolute Gasteiger partial charge is 0.303 e. The molecule has 1 aromatic rings. The molecule has 0 spiro atoms. The van der Waals surface area contributed by atoms with Crippen LogP contribution in [0.1, 0.15) is 43.1 Å². The molecule has 0 aliphatic carbocycles. The highest BCUT2D eigenvalue weighted by Crippen LogP contribution is 2.20. The summed E-state index contributed by atoms with van der Waals surface area (Å²) in [5, 5.41) is 13.0. The third-order valence-corrected chi connectivity index (χ3v) is 4.65. The molecule has 0 saturated carbocycles. The molecule has 1 unspecified atom stereocenters. The van der Waals surface area contributed by atoms with Crippen molar-refractivity contribution in [1.82, 2.24) is 15.3 Å². The Kier molecular flexibility index (Phi) is 6.44. The monoisotopic (exact) mass is 292 g/mol. The standard InChI is InChI=1S/C15H24N4S/c1-11-12(2)18-14(19-13(11)3)20-9-7-6-8-15(4,10-16)17-5/h17H,6-9H2,1-5H3. The lowest BCUT2D eigenvalue weighted by Crippen LogP contribution is -2.37. The van der Waals surface area contributed by atoms with Gasteiger partial charge in [0.25, 0.3) is 0 Å². The summed E-state index contributed by atoms with van der Waals surface area (Å²) < 4.78 is 0. The molecule has 0 aliphatic rings. The quantitative estimate of drug-likeness (QED) is 0.475. The average molecular weight is 292 g/mol. The predicted octanol–water partition coefficient (Wildman–Crippen LogP) is 3.17. The van der Waals surface area contributed by atoms with Crippen LogP contribution in [0.4, 0.5) is 0 Å². The number of unbranched alkanes of at least 4 members (excludes halogenated alkanes) is 1. The molecular weight excluding hydrogens is 268 g/mol. The minimum atomic E-state index is -0.405. The SMILES string of the molecule is CNC(C)(C#N)CCCCSc1nc(C)c(C)c(C)n1. The molecule has 0 aromatic carbocycles. The third kappa shape index (κ3) is 4.77. The van der Waals surface area contributed by atoms with E-state index in [9.17, 15) is 0 Å². The predicted molar refractivity (Wildman–Crippen MR) is 83.9 cm³/mol. The number of hydrogen-bond donors (Lipinski definition) is 1. The Morgan fingerprint density at radius 3 is 2.30 bits per heavy atom. The summed E-state index contributed by atoms with van der Waals surface area (Å²) in [6.07, 6.45) is 2.97. The maximum Gasteiger partial charge on any atom is 0.187 e. The lowest BCUT2D eigenvalue weighted by Gasteiger charge is -2.20. The van der Waals surface area contributed by atoms with Crippen molar-refractivity contribution in [3.8, 4) is 6.07 Å². The van der Waals surface area contributed by atoms with Crippen molar-refractivity contribution < 1.29 is 0 Å². The molecule has 20 heavy (non-hydrogen) atoms. The zero-order valence-electron chi connectivity index (χ0n) is 13.1. The number of hydrogen-bond acceptors (Lipinski definition) is 5. The van der Waals surface area contributed by atoms with Gasteiger partial charge in [0.15, 0.2) is 5.16 Å². The van der Waals surface area contributed by atoms with E-state index in [1.165, 1.54) is 5.56 Å². The molecule has 4 nitrogen and oxygen atoms in total. The molecule has 0 bridgehead atoms. The van der Waals surface area contributed by atoms with Crippen LogP contribution >= 0.6 is 11.8 Å². The zero-order chi connectivity index (χ0) is 15.2. The van der Waals surface area contributed by atoms with Crippen molar-refractivity contribution in [2.24, 2.45) is 0 Å². The Labute approximate surface area is 126 Å². The molecular formula is C15H24N4S. The number of aromatic nitrogens is 2. The summed E-state index contributed by atoms with van der Waals surface area (Å²) in [6.45, 7) is 8.05. The average Bonchev–Trinajstić information content (AvgIpc) is 2.44. The molecule has 0 amide bonds. The fourth-order valence-electron chi connectivity index (χ4n) is 1.79. The van der Waals surface area contributed by atoms with E-state index in [2.05, 4.69) is 28.3 Å². The minimum absolute atomic E-state index is 0.405. The lowest BCUT2D eigenvalue weighted by molar-refractivity contribution is 0.439. The summed E-state index contributed by atoms with van der Waals surface area (Å²) in [6, 6.07) is 2.32. The van der Waals surface area contributed by atoms with Gasteiger partial charge in [-0.2, -0.15) is 5.26 Å². The van der Waals surface area contributed by atoms with E-state index in [4.69, 9.17) is 5.26 Å². The van der Waals surface area contributed by atoms with E-state index in [0.717, 1.165) is 41.6 Å². The maximum atomic E-state index is 9.07. The van der Waals surface area contributed by atoms with Gasteiger partial charge in [0.2, 0.25) is 0 Å². The molecule has 5 heteroatoms. The van der Waals surface area contributed by atoms with Crippen molar-refractivity contribution in [2.45, 2.75) is 57.7 Å². The van der Waals surface area contributed by atoms with Crippen LogP contribution in [0.25, 0.3) is 0 Å². The maximum absolute atomic E-state index is 9.07. The van der Waals surface area contributed by atoms with Crippen molar-refractivity contribution >= 4 is 11.8 Å². The van der Waals surface area contributed by atoms with Crippen LogP contribution < -0.4 is 5.32 Å². The number of thioether (sulfide) groups is 1. The number of nitriles is 1. The summed E-state index contributed by atoms with van der Waals surface area (Å²) in [4.78, 5) is 9.00. The molecule has 1 atom stereocenters. The van der Waals surface area contributed by atoms with Gasteiger partial charge < -0.3 is 5.32 Å². The Morgan fingerprint density at radius 1 is 1.20 bits per heavy atom. The number of aryl methyl sites for hydroxylation is 2. The van der Waals surface area contributed by atoms with Gasteiger partial charge in [-0.05, 0) is 59.6 Å². The van der Waals surface area contributed by atoms with Crippen LogP contribution in [-0.4, -0.2) is 28.3 Å². The van der Waals surface area contributed by atoms with Crippen LogP contribution in [0.15, 0.2) is 5.16 Å². The van der Waals surface area contributed by atoms with Crippen molar-refractivity contribution in [3.63, 3.8) is 0 Å². The zero-order valence-corrected chi connectivity index (χ0v) is 13.9. The second-order valence-electron chi connectivity index (χ2n) is 5.30. The summed E-state index contributed by atoms with van der Waals surface area (Å²) >= 11 is 1.70. The van der Waals surface area contributed by atoms with Crippen LogP contribution in [0.2, 0.25) is 0 Å². The molecule has 1 aromatic heterocycles. The molecule has 0 fully saturated rings. The first-order valence-corrected chi connectivity index (χ1v) is 7.95. The van der Waals surface area contributed by atoms with E-state index in [1.807, 2.05) is 27.8 Å². The van der Waals surface area contributed by atoms with Crippen LogP contribution in [0.3, 0.4) is 0 Å². The molecule has 0 aliphatic heterocycles. The smallest absolute Gasteiger partial charge is 0.187 e. The van der Waals surface area contributed by atoms with E-state index in [0.29, 0.717) is 0 Å². The third-order valence-electron chi connectivity index (χ3n) is 3.71. The fraction of sp³-hybridized carbons (Fsp3) is 0.667. The second-order valence-corrected chi connectivity index (χ2v) is 6.36. The Bertz CT molecular complexity index is 472. The number of nitrogens with one attached hydrogen (secondary N) is 1. The van der Waals surface area contributed by atoms with E-state index in [1.54, 1.807) is 11.8 Å². The molecule has 1 N–H and O–H groups in total. The van der Waals surface area contributed by atoms with Crippen molar-refractivity contribution in [3.05, 3.63) is 17.0 Å². The van der Waals surface area contributed by atoms with Crippen LogP contribution in [0, 0.1) is 32.1 Å². The van der Waals surface area contributed by atoms with Gasteiger partial charge in [0, 0.05) is 17.1 Å². The molecule has 0 saturated heterocycles. The second kappa shape index (κ2) is 7.61. The van der Waals surface area contributed by atoms with Gasteiger partial charge in [0.1, 0.15) is 5.54 Å². The molecule has 110 valence electrons. The first kappa shape index (κ1) is 16.9. The van der Waals surface area contributed by atoms with Crippen LogP contribution in [0.5, 0.6) is 0 Å². The van der Waals surface area contributed by atoms with Gasteiger partial charge in [-0.25, -0.2) is 9.97 Å². The lowest BCUT2D eigenvalue weighted by atomic mass is 9.97. The highest BCUT2D eigenvalue weighted by molar-refractivity contribution is 7.99. The van der Waals surface area contributed by atoms with Crippen molar-refractivity contribution in [1.29, 1.82) is 5.26 Å². The van der Waals surface area contributed by atoms with E-state index < -0.39 is 5.54 Å². The summed E-state index contributed by atoms with van der Waals surface area (Å²) in [5.41, 5.74) is 2.89. The van der Waals surface area contributed by atoms with Gasteiger partial charge in [-0.15, -0.1) is 0 Å².